The van der Waals surface area contributed by atoms with Crippen LogP contribution in [0.25, 0.3) is 10.7 Å². The number of rotatable bonds is 8. The fourth-order valence-electron chi connectivity index (χ4n) is 2.55. The van der Waals surface area contributed by atoms with Gasteiger partial charge in [0.1, 0.15) is 0 Å². The number of thioether (sulfide) groups is 1. The van der Waals surface area contributed by atoms with Gasteiger partial charge < -0.3 is 10.3 Å². The van der Waals surface area contributed by atoms with Gasteiger partial charge in [-0.15, -0.1) is 21.5 Å². The van der Waals surface area contributed by atoms with Crippen molar-refractivity contribution in [3.63, 3.8) is 0 Å². The molecule has 7 heteroatoms. The first-order valence-electron chi connectivity index (χ1n) is 8.51. The lowest BCUT2D eigenvalue weighted by atomic mass is 10.0. The molecule has 0 atom stereocenters. The third-order valence-corrected chi connectivity index (χ3v) is 5.96. The molecule has 0 fully saturated rings. The number of hydrogen-bond donors (Lipinski definition) is 1. The van der Waals surface area contributed by atoms with Crippen molar-refractivity contribution in [3.8, 4) is 10.7 Å². The maximum atomic E-state index is 11.2. The lowest BCUT2D eigenvalue weighted by Crippen LogP contribution is -2.14. The van der Waals surface area contributed by atoms with E-state index >= 15 is 0 Å². The van der Waals surface area contributed by atoms with Crippen LogP contribution in [0.1, 0.15) is 37.3 Å². The van der Waals surface area contributed by atoms with Crippen LogP contribution >= 0.6 is 23.1 Å². The maximum Gasteiger partial charge on any atom is 0.219 e. The molecule has 0 aliphatic heterocycles. The number of aromatic nitrogens is 3. The van der Waals surface area contributed by atoms with E-state index in [1.54, 1.807) is 23.1 Å². The molecular formula is C19H22N4OS2. The van der Waals surface area contributed by atoms with Gasteiger partial charge in [0.2, 0.25) is 5.91 Å². The normalized spacial score (nSPS) is 11.2. The van der Waals surface area contributed by atoms with Crippen LogP contribution in [-0.2, 0) is 17.1 Å². The van der Waals surface area contributed by atoms with Gasteiger partial charge >= 0.3 is 0 Å². The van der Waals surface area contributed by atoms with E-state index in [-0.39, 0.29) is 12.3 Å². The Morgan fingerprint density at radius 2 is 2.00 bits per heavy atom. The Bertz CT molecular complexity index is 854. The van der Waals surface area contributed by atoms with Crippen molar-refractivity contribution in [1.82, 2.24) is 14.8 Å². The Morgan fingerprint density at radius 3 is 2.62 bits per heavy atom. The summed E-state index contributed by atoms with van der Waals surface area (Å²) < 4.78 is 1.99. The van der Waals surface area contributed by atoms with Gasteiger partial charge in [-0.3, -0.25) is 4.79 Å². The third-order valence-electron chi connectivity index (χ3n) is 4.05. The first-order valence-corrected chi connectivity index (χ1v) is 10.4. The van der Waals surface area contributed by atoms with Crippen molar-refractivity contribution in [2.24, 2.45) is 5.73 Å². The summed E-state index contributed by atoms with van der Waals surface area (Å²) in [6.07, 6.45) is 0.271. The fraction of sp³-hybridized carbons (Fsp3) is 0.316. The number of hydrogen-bond acceptors (Lipinski definition) is 5. The molecule has 3 aromatic rings. The van der Waals surface area contributed by atoms with E-state index in [9.17, 15) is 4.79 Å². The summed E-state index contributed by atoms with van der Waals surface area (Å²) in [5, 5.41) is 11.5. The Hall–Kier alpha value is -2.12. The van der Waals surface area contributed by atoms with E-state index in [1.165, 1.54) is 11.1 Å². The zero-order valence-electron chi connectivity index (χ0n) is 14.9. The van der Waals surface area contributed by atoms with Crippen molar-refractivity contribution in [2.75, 3.05) is 0 Å². The van der Waals surface area contributed by atoms with E-state index in [0.29, 0.717) is 12.5 Å². The SMILES string of the molecule is CC(C)c1ccc(CSc2nnc(-c3cccs3)n2CCC(N)=O)cc1. The molecule has 136 valence electrons. The average molecular weight is 387 g/mol. The Kier molecular flexibility index (Phi) is 6.11. The number of nitrogens with zero attached hydrogens (tertiary/aromatic N) is 3. The van der Waals surface area contributed by atoms with Gasteiger partial charge in [0, 0.05) is 18.7 Å². The predicted octanol–water partition coefficient (Wildman–Crippen LogP) is 4.30. The summed E-state index contributed by atoms with van der Waals surface area (Å²) in [7, 11) is 0. The molecule has 0 saturated heterocycles. The summed E-state index contributed by atoms with van der Waals surface area (Å²) >= 11 is 3.23. The molecule has 5 nitrogen and oxygen atoms in total. The largest absolute Gasteiger partial charge is 0.370 e. The summed E-state index contributed by atoms with van der Waals surface area (Å²) in [4.78, 5) is 12.3. The standard InChI is InChI=1S/C19H22N4OS2/c1-13(2)15-7-5-14(6-8-15)12-26-19-22-21-18(16-4-3-11-25-16)23(19)10-9-17(20)24/h3-8,11,13H,9-10,12H2,1-2H3,(H2,20,24). The summed E-state index contributed by atoms with van der Waals surface area (Å²) in [6.45, 7) is 4.87. The first kappa shape index (κ1) is 18.7. The molecule has 0 saturated carbocycles. The summed E-state index contributed by atoms with van der Waals surface area (Å²) in [5.74, 6) is 1.80. The van der Waals surface area contributed by atoms with Crippen LogP contribution in [0.15, 0.2) is 46.9 Å². The lowest BCUT2D eigenvalue weighted by molar-refractivity contribution is -0.118. The number of thiophene rings is 1. The topological polar surface area (TPSA) is 73.8 Å². The monoisotopic (exact) mass is 386 g/mol. The second kappa shape index (κ2) is 8.51. The maximum absolute atomic E-state index is 11.2. The summed E-state index contributed by atoms with van der Waals surface area (Å²) in [6, 6.07) is 12.7. The van der Waals surface area contributed by atoms with Crippen molar-refractivity contribution < 1.29 is 4.79 Å². The van der Waals surface area contributed by atoms with Gasteiger partial charge in [-0.05, 0) is 28.5 Å². The Balaban J connectivity index is 1.77. The highest BCUT2D eigenvalue weighted by atomic mass is 32.2. The summed E-state index contributed by atoms with van der Waals surface area (Å²) in [5.41, 5.74) is 7.91. The smallest absolute Gasteiger partial charge is 0.219 e. The molecule has 0 radical (unpaired) electrons. The fourth-order valence-corrected chi connectivity index (χ4v) is 4.19. The number of benzene rings is 1. The van der Waals surface area contributed by atoms with Crippen LogP contribution in [0.3, 0.4) is 0 Å². The van der Waals surface area contributed by atoms with Gasteiger partial charge in [0.25, 0.3) is 0 Å². The molecular weight excluding hydrogens is 364 g/mol. The third kappa shape index (κ3) is 4.53. The number of carbonyl (C=O) groups is 1. The molecule has 0 unspecified atom stereocenters. The lowest BCUT2D eigenvalue weighted by Gasteiger charge is -2.09. The molecule has 26 heavy (non-hydrogen) atoms. The molecule has 2 heterocycles. The minimum absolute atomic E-state index is 0.271. The van der Waals surface area contributed by atoms with E-state index in [1.807, 2.05) is 22.1 Å². The second-order valence-electron chi connectivity index (χ2n) is 6.34. The molecule has 1 amide bonds. The molecule has 2 aromatic heterocycles. The minimum atomic E-state index is -0.323. The van der Waals surface area contributed by atoms with Crippen molar-refractivity contribution in [3.05, 3.63) is 52.9 Å². The number of nitrogens with two attached hydrogens (primary N) is 1. The van der Waals surface area contributed by atoms with Crippen LogP contribution < -0.4 is 5.73 Å². The van der Waals surface area contributed by atoms with Gasteiger partial charge in [-0.1, -0.05) is 55.9 Å². The van der Waals surface area contributed by atoms with Crippen LogP contribution in [-0.4, -0.2) is 20.7 Å². The van der Waals surface area contributed by atoms with Crippen LogP contribution in [0, 0.1) is 0 Å². The predicted molar refractivity (Wildman–Crippen MR) is 107 cm³/mol. The van der Waals surface area contributed by atoms with Crippen molar-refractivity contribution in [2.45, 2.75) is 43.6 Å². The number of primary amides is 1. The van der Waals surface area contributed by atoms with Crippen LogP contribution in [0.4, 0.5) is 0 Å². The highest BCUT2D eigenvalue weighted by Crippen LogP contribution is 2.29. The van der Waals surface area contributed by atoms with Crippen molar-refractivity contribution >= 4 is 29.0 Å². The first-order chi connectivity index (χ1) is 12.5. The number of amides is 1. The van der Waals surface area contributed by atoms with E-state index in [2.05, 4.69) is 48.3 Å². The van der Waals surface area contributed by atoms with E-state index < -0.39 is 0 Å². The zero-order valence-corrected chi connectivity index (χ0v) is 16.5. The molecule has 1 aromatic carbocycles. The Morgan fingerprint density at radius 1 is 1.23 bits per heavy atom. The molecule has 0 aliphatic carbocycles. The Labute approximate surface area is 161 Å². The van der Waals surface area contributed by atoms with Crippen LogP contribution in [0.2, 0.25) is 0 Å². The molecule has 0 bridgehead atoms. The quantitative estimate of drug-likeness (QED) is 0.586. The van der Waals surface area contributed by atoms with Gasteiger partial charge in [-0.25, -0.2) is 0 Å². The number of carbonyl (C=O) groups excluding carboxylic acids is 1. The van der Waals surface area contributed by atoms with Gasteiger partial charge in [0.15, 0.2) is 11.0 Å². The molecule has 0 aliphatic rings. The molecule has 3 rings (SSSR count). The molecule has 0 spiro atoms. The highest BCUT2D eigenvalue weighted by molar-refractivity contribution is 7.98. The minimum Gasteiger partial charge on any atom is -0.370 e. The van der Waals surface area contributed by atoms with E-state index in [0.717, 1.165) is 21.6 Å². The zero-order chi connectivity index (χ0) is 18.5. The van der Waals surface area contributed by atoms with Gasteiger partial charge in [-0.2, -0.15) is 0 Å². The molecule has 2 N–H and O–H groups in total. The average Bonchev–Trinajstić information content (AvgIpc) is 3.27. The van der Waals surface area contributed by atoms with E-state index in [4.69, 9.17) is 5.73 Å². The van der Waals surface area contributed by atoms with Gasteiger partial charge in [0.05, 0.1) is 4.88 Å². The van der Waals surface area contributed by atoms with Crippen LogP contribution in [0.5, 0.6) is 0 Å². The van der Waals surface area contributed by atoms with Crippen molar-refractivity contribution in [1.29, 1.82) is 0 Å². The highest BCUT2D eigenvalue weighted by Gasteiger charge is 2.16. The second-order valence-corrected chi connectivity index (χ2v) is 8.23.